The van der Waals surface area contributed by atoms with Crippen LogP contribution in [0.1, 0.15) is 84.1 Å². The molecule has 1 aromatic carbocycles. The van der Waals surface area contributed by atoms with E-state index >= 15 is 0 Å². The molecule has 0 atom stereocenters. The highest BCUT2D eigenvalue weighted by Gasteiger charge is 2.62. The first kappa shape index (κ1) is 23.2. The van der Waals surface area contributed by atoms with E-state index in [1.807, 2.05) is 13.8 Å². The fraction of sp³-hybridized carbons (Fsp3) is 0.500. The molecule has 2 heterocycles. The van der Waals surface area contributed by atoms with Gasteiger partial charge in [-0.05, 0) is 44.2 Å². The van der Waals surface area contributed by atoms with Crippen LogP contribution in [0.4, 0.5) is 13.2 Å². The standard InChI is InChI=1S/C22H20F3N3O3.C2H6/c23-22(24,25)21(7-8-21)9-10-31-17-11-14(26-18(27-17)13-5-6-13)12-28-19(29)15-3-1-2-4-16(15)20(28)30;1-2/h1-4,11,13H,5-10,12H2;1-2H3. The SMILES string of the molecule is CC.O=C1c2ccccc2C(=O)N1Cc1cc(OCCC2(C(F)(F)F)CC2)nc(C2CC2)n1. The lowest BCUT2D eigenvalue weighted by atomic mass is 10.0. The number of hydrogen-bond acceptors (Lipinski definition) is 5. The third-order valence-corrected chi connectivity index (χ3v) is 6.20. The van der Waals surface area contributed by atoms with Gasteiger partial charge in [0.1, 0.15) is 5.82 Å². The van der Waals surface area contributed by atoms with Crippen molar-refractivity contribution in [3.8, 4) is 5.88 Å². The van der Waals surface area contributed by atoms with Gasteiger partial charge in [0.15, 0.2) is 0 Å². The lowest BCUT2D eigenvalue weighted by Crippen LogP contribution is -2.29. The number of hydrogen-bond donors (Lipinski definition) is 0. The summed E-state index contributed by atoms with van der Waals surface area (Å²) in [5.74, 6) is 0.114. The number of halogens is 3. The summed E-state index contributed by atoms with van der Waals surface area (Å²) in [6.07, 6.45) is -2.24. The quantitative estimate of drug-likeness (QED) is 0.524. The first-order valence-corrected chi connectivity index (χ1v) is 11.3. The molecule has 33 heavy (non-hydrogen) atoms. The Labute approximate surface area is 190 Å². The topological polar surface area (TPSA) is 72.4 Å². The molecule has 5 rings (SSSR count). The summed E-state index contributed by atoms with van der Waals surface area (Å²) in [5, 5.41) is 0. The maximum atomic E-state index is 13.1. The van der Waals surface area contributed by atoms with Crippen LogP contribution < -0.4 is 4.74 Å². The van der Waals surface area contributed by atoms with E-state index in [2.05, 4.69) is 9.97 Å². The lowest BCUT2D eigenvalue weighted by Gasteiger charge is -2.19. The van der Waals surface area contributed by atoms with Crippen LogP contribution in [0.25, 0.3) is 0 Å². The van der Waals surface area contributed by atoms with Gasteiger partial charge in [0, 0.05) is 12.0 Å². The van der Waals surface area contributed by atoms with Crippen molar-refractivity contribution in [3.05, 3.63) is 53.0 Å². The third-order valence-electron chi connectivity index (χ3n) is 6.20. The van der Waals surface area contributed by atoms with Crippen molar-refractivity contribution in [3.63, 3.8) is 0 Å². The van der Waals surface area contributed by atoms with Gasteiger partial charge in [-0.15, -0.1) is 0 Å². The summed E-state index contributed by atoms with van der Waals surface area (Å²) >= 11 is 0. The van der Waals surface area contributed by atoms with E-state index in [1.165, 1.54) is 6.07 Å². The van der Waals surface area contributed by atoms with E-state index in [9.17, 15) is 22.8 Å². The number of aromatic nitrogens is 2. The molecule has 0 radical (unpaired) electrons. The molecular weight excluding hydrogens is 435 g/mol. The molecule has 1 aliphatic heterocycles. The lowest BCUT2D eigenvalue weighted by molar-refractivity contribution is -0.190. The summed E-state index contributed by atoms with van der Waals surface area (Å²) in [6, 6.07) is 8.11. The zero-order valence-electron chi connectivity index (χ0n) is 18.6. The normalized spacial score (nSPS) is 18.5. The number of carbonyl (C=O) groups is 2. The van der Waals surface area contributed by atoms with Gasteiger partial charge in [0.2, 0.25) is 5.88 Å². The number of amides is 2. The molecule has 0 saturated heterocycles. The summed E-state index contributed by atoms with van der Waals surface area (Å²) in [7, 11) is 0. The summed E-state index contributed by atoms with van der Waals surface area (Å²) in [4.78, 5) is 35.2. The van der Waals surface area contributed by atoms with Crippen LogP contribution >= 0.6 is 0 Å². The molecule has 2 fully saturated rings. The highest BCUT2D eigenvalue weighted by atomic mass is 19.4. The Morgan fingerprint density at radius 1 is 1.06 bits per heavy atom. The highest BCUT2D eigenvalue weighted by molar-refractivity contribution is 6.21. The number of benzene rings is 1. The van der Waals surface area contributed by atoms with Crippen LogP contribution in [0.15, 0.2) is 30.3 Å². The Hall–Kier alpha value is -2.97. The maximum Gasteiger partial charge on any atom is 0.394 e. The first-order chi connectivity index (χ1) is 15.8. The molecule has 2 amide bonds. The van der Waals surface area contributed by atoms with Gasteiger partial charge in [-0.2, -0.15) is 18.2 Å². The fourth-order valence-electron chi connectivity index (χ4n) is 3.89. The van der Waals surface area contributed by atoms with Crippen LogP contribution in [-0.2, 0) is 6.54 Å². The van der Waals surface area contributed by atoms with E-state index < -0.39 is 23.4 Å². The van der Waals surface area contributed by atoms with Crippen LogP contribution in [0.2, 0.25) is 0 Å². The molecule has 2 aromatic rings. The Bertz CT molecular complexity index is 1030. The second kappa shape index (κ2) is 8.76. The molecule has 0 unspecified atom stereocenters. The molecule has 1 aromatic heterocycles. The van der Waals surface area contributed by atoms with E-state index in [1.54, 1.807) is 24.3 Å². The summed E-state index contributed by atoms with van der Waals surface area (Å²) in [6.45, 7) is 3.85. The summed E-state index contributed by atoms with van der Waals surface area (Å²) < 4.78 is 45.0. The molecule has 9 heteroatoms. The van der Waals surface area contributed by atoms with Gasteiger partial charge in [0.05, 0.1) is 35.4 Å². The van der Waals surface area contributed by atoms with Crippen molar-refractivity contribution in [2.24, 2.45) is 5.41 Å². The molecule has 176 valence electrons. The average molecular weight is 461 g/mol. The number of nitrogens with zero attached hydrogens (tertiary/aromatic N) is 3. The second-order valence-electron chi connectivity index (χ2n) is 8.45. The van der Waals surface area contributed by atoms with Gasteiger partial charge in [-0.3, -0.25) is 14.5 Å². The minimum absolute atomic E-state index is 0.0442. The molecule has 0 bridgehead atoms. The van der Waals surface area contributed by atoms with Crippen molar-refractivity contribution in [2.75, 3.05) is 6.61 Å². The van der Waals surface area contributed by atoms with Crippen LogP contribution in [0.3, 0.4) is 0 Å². The number of carbonyl (C=O) groups excluding carboxylic acids is 2. The third kappa shape index (κ3) is 4.58. The number of rotatable bonds is 7. The average Bonchev–Trinajstić information content (AvgIpc) is 3.71. The maximum absolute atomic E-state index is 13.1. The number of imide groups is 1. The van der Waals surface area contributed by atoms with Gasteiger partial charge >= 0.3 is 6.18 Å². The van der Waals surface area contributed by atoms with Crippen molar-refractivity contribution >= 4 is 11.8 Å². The van der Waals surface area contributed by atoms with Crippen LogP contribution in [0.5, 0.6) is 5.88 Å². The Morgan fingerprint density at radius 2 is 1.67 bits per heavy atom. The van der Waals surface area contributed by atoms with Crippen LogP contribution in [-0.4, -0.2) is 39.5 Å². The van der Waals surface area contributed by atoms with Gasteiger partial charge in [-0.1, -0.05) is 26.0 Å². The number of fused-ring (bicyclic) bond motifs is 1. The minimum atomic E-state index is -4.22. The molecule has 3 aliphatic rings. The van der Waals surface area contributed by atoms with E-state index in [0.29, 0.717) is 22.6 Å². The molecular formula is C24H26F3N3O3. The van der Waals surface area contributed by atoms with Crippen molar-refractivity contribution in [2.45, 2.75) is 64.6 Å². The molecule has 6 nitrogen and oxygen atoms in total. The van der Waals surface area contributed by atoms with Crippen molar-refractivity contribution in [1.82, 2.24) is 14.9 Å². The smallest absolute Gasteiger partial charge is 0.394 e. The fourth-order valence-corrected chi connectivity index (χ4v) is 3.89. The van der Waals surface area contributed by atoms with Gasteiger partial charge in [0.25, 0.3) is 11.8 Å². The molecule has 0 spiro atoms. The Balaban J connectivity index is 0.00000126. The zero-order valence-corrected chi connectivity index (χ0v) is 18.6. The minimum Gasteiger partial charge on any atom is -0.478 e. The predicted molar refractivity (Wildman–Crippen MR) is 114 cm³/mol. The van der Waals surface area contributed by atoms with E-state index in [0.717, 1.165) is 17.7 Å². The Morgan fingerprint density at radius 3 is 2.18 bits per heavy atom. The van der Waals surface area contributed by atoms with E-state index in [4.69, 9.17) is 4.74 Å². The largest absolute Gasteiger partial charge is 0.478 e. The zero-order chi connectivity index (χ0) is 23.8. The van der Waals surface area contributed by atoms with E-state index in [-0.39, 0.29) is 44.2 Å². The van der Waals surface area contributed by atoms with Crippen LogP contribution in [0, 0.1) is 5.41 Å². The first-order valence-electron chi connectivity index (χ1n) is 11.3. The Kier molecular flexibility index (Phi) is 6.16. The molecule has 2 aliphatic carbocycles. The van der Waals surface area contributed by atoms with Crippen molar-refractivity contribution in [1.29, 1.82) is 0 Å². The molecule has 2 saturated carbocycles. The van der Waals surface area contributed by atoms with Crippen molar-refractivity contribution < 1.29 is 27.5 Å². The monoisotopic (exact) mass is 461 g/mol. The molecule has 0 N–H and O–H groups in total. The van der Waals surface area contributed by atoms with Gasteiger partial charge < -0.3 is 4.74 Å². The van der Waals surface area contributed by atoms with Gasteiger partial charge in [-0.25, -0.2) is 4.98 Å². The predicted octanol–water partition coefficient (Wildman–Crippen LogP) is 5.29. The summed E-state index contributed by atoms with van der Waals surface area (Å²) in [5.41, 5.74) is -0.509. The highest BCUT2D eigenvalue weighted by Crippen LogP contribution is 2.59. The second-order valence-corrected chi connectivity index (χ2v) is 8.45. The number of ether oxygens (including phenoxy) is 1. The number of alkyl halides is 3.